The van der Waals surface area contributed by atoms with Gasteiger partial charge in [0.25, 0.3) is 0 Å². The highest BCUT2D eigenvalue weighted by Gasteiger charge is 2.09. The van der Waals surface area contributed by atoms with Crippen molar-refractivity contribution in [2.75, 3.05) is 6.54 Å². The summed E-state index contributed by atoms with van der Waals surface area (Å²) in [5.41, 5.74) is 1.17. The number of benzene rings is 1. The fraction of sp³-hybridized carbons (Fsp3) is 0.333. The van der Waals surface area contributed by atoms with E-state index in [1.54, 1.807) is 11.3 Å². The molecule has 2 nitrogen and oxygen atoms in total. The van der Waals surface area contributed by atoms with Crippen LogP contribution < -0.4 is 10.1 Å². The second-order valence-corrected chi connectivity index (χ2v) is 6.71. The van der Waals surface area contributed by atoms with Gasteiger partial charge < -0.3 is 10.1 Å². The maximum atomic E-state index is 6.29. The molecule has 0 fully saturated rings. The minimum absolute atomic E-state index is 0.290. The van der Waals surface area contributed by atoms with Crippen LogP contribution in [0.15, 0.2) is 34.1 Å². The summed E-state index contributed by atoms with van der Waals surface area (Å²) in [6.45, 7) is 5.68. The quantitative estimate of drug-likeness (QED) is 0.729. The summed E-state index contributed by atoms with van der Waals surface area (Å²) >= 11 is 11.5. The first-order chi connectivity index (χ1) is 9.61. The van der Waals surface area contributed by atoms with Crippen LogP contribution in [0, 0.1) is 0 Å². The largest absolute Gasteiger partial charge is 0.486 e. The molecule has 1 N–H and O–H groups in total. The van der Waals surface area contributed by atoms with E-state index in [0.29, 0.717) is 11.6 Å². The third-order valence-electron chi connectivity index (χ3n) is 3.02. The Hall–Kier alpha value is -0.550. The molecular formula is C15H17BrClNOS. The van der Waals surface area contributed by atoms with Gasteiger partial charge in [-0.05, 0) is 58.5 Å². The van der Waals surface area contributed by atoms with Crippen LogP contribution in [0.2, 0.25) is 5.02 Å². The molecule has 108 valence electrons. The second-order valence-electron chi connectivity index (χ2n) is 4.45. The minimum Gasteiger partial charge on any atom is -0.486 e. The van der Waals surface area contributed by atoms with Gasteiger partial charge in [-0.15, -0.1) is 11.3 Å². The Morgan fingerprint density at radius 1 is 1.40 bits per heavy atom. The summed E-state index contributed by atoms with van der Waals surface area (Å²) in [6.07, 6.45) is 0. The molecule has 2 aromatic rings. The van der Waals surface area contributed by atoms with Crippen molar-refractivity contribution in [2.24, 2.45) is 0 Å². The Kier molecular flexibility index (Phi) is 5.90. The van der Waals surface area contributed by atoms with Crippen molar-refractivity contribution in [1.82, 2.24) is 5.32 Å². The Labute approximate surface area is 137 Å². The Morgan fingerprint density at radius 2 is 2.20 bits per heavy atom. The highest BCUT2D eigenvalue weighted by Crippen LogP contribution is 2.30. The summed E-state index contributed by atoms with van der Waals surface area (Å²) in [6, 6.07) is 8.27. The number of hydrogen-bond donors (Lipinski definition) is 1. The minimum atomic E-state index is 0.290. The van der Waals surface area contributed by atoms with Crippen LogP contribution in [0.5, 0.6) is 5.75 Å². The second kappa shape index (κ2) is 7.46. The van der Waals surface area contributed by atoms with E-state index < -0.39 is 0 Å². The van der Waals surface area contributed by atoms with Crippen molar-refractivity contribution in [2.45, 2.75) is 26.5 Å². The van der Waals surface area contributed by atoms with E-state index in [1.165, 1.54) is 5.56 Å². The molecule has 20 heavy (non-hydrogen) atoms. The van der Waals surface area contributed by atoms with Crippen LogP contribution in [-0.4, -0.2) is 6.54 Å². The molecule has 0 saturated carbocycles. The zero-order chi connectivity index (χ0) is 14.5. The SMILES string of the molecule is CCNC(C)c1ccc(OCc2sccc2Br)c(Cl)c1. The molecule has 2 rings (SSSR count). The molecule has 1 atom stereocenters. The fourth-order valence-corrected chi connectivity index (χ4v) is 3.52. The van der Waals surface area contributed by atoms with E-state index in [2.05, 4.69) is 41.2 Å². The van der Waals surface area contributed by atoms with Crippen LogP contribution in [0.25, 0.3) is 0 Å². The fourth-order valence-electron chi connectivity index (χ4n) is 1.90. The van der Waals surface area contributed by atoms with Gasteiger partial charge in [-0.3, -0.25) is 0 Å². The van der Waals surface area contributed by atoms with Crippen LogP contribution in [0.3, 0.4) is 0 Å². The summed E-state index contributed by atoms with van der Waals surface area (Å²) in [5.74, 6) is 0.722. The first-order valence-electron chi connectivity index (χ1n) is 6.49. The lowest BCUT2D eigenvalue weighted by molar-refractivity contribution is 0.309. The van der Waals surface area contributed by atoms with Gasteiger partial charge in [0.2, 0.25) is 0 Å². The molecule has 1 heterocycles. The van der Waals surface area contributed by atoms with Gasteiger partial charge in [-0.2, -0.15) is 0 Å². The Bertz CT molecular complexity index is 573. The van der Waals surface area contributed by atoms with Crippen molar-refractivity contribution in [3.8, 4) is 5.75 Å². The first kappa shape index (κ1) is 15.8. The lowest BCUT2D eigenvalue weighted by Crippen LogP contribution is -2.17. The van der Waals surface area contributed by atoms with Gasteiger partial charge in [-0.25, -0.2) is 0 Å². The lowest BCUT2D eigenvalue weighted by atomic mass is 10.1. The summed E-state index contributed by atoms with van der Waals surface area (Å²) < 4.78 is 6.86. The third kappa shape index (κ3) is 3.98. The van der Waals surface area contributed by atoms with Crippen molar-refractivity contribution in [1.29, 1.82) is 0 Å². The number of thiophene rings is 1. The molecule has 1 unspecified atom stereocenters. The van der Waals surface area contributed by atoms with E-state index >= 15 is 0 Å². The van der Waals surface area contributed by atoms with E-state index in [1.807, 2.05) is 23.6 Å². The molecule has 0 saturated heterocycles. The van der Waals surface area contributed by atoms with E-state index in [0.717, 1.165) is 21.6 Å². The third-order valence-corrected chi connectivity index (χ3v) is 5.21. The van der Waals surface area contributed by atoms with E-state index in [9.17, 15) is 0 Å². The highest BCUT2D eigenvalue weighted by molar-refractivity contribution is 9.10. The summed E-state index contributed by atoms with van der Waals surface area (Å²) in [7, 11) is 0. The normalized spacial score (nSPS) is 12.4. The van der Waals surface area contributed by atoms with Crippen LogP contribution >= 0.6 is 38.9 Å². The average molecular weight is 375 g/mol. The molecule has 0 amide bonds. The molecule has 5 heteroatoms. The number of halogens is 2. The molecule has 0 radical (unpaired) electrons. The van der Waals surface area contributed by atoms with Gasteiger partial charge in [0, 0.05) is 10.5 Å². The summed E-state index contributed by atoms with van der Waals surface area (Å²) in [4.78, 5) is 1.16. The maximum absolute atomic E-state index is 6.29. The van der Waals surface area contributed by atoms with Crippen molar-refractivity contribution in [3.05, 3.63) is 49.6 Å². The van der Waals surface area contributed by atoms with E-state index in [4.69, 9.17) is 16.3 Å². The smallest absolute Gasteiger partial charge is 0.138 e. The van der Waals surface area contributed by atoms with E-state index in [-0.39, 0.29) is 6.04 Å². The molecule has 1 aromatic carbocycles. The topological polar surface area (TPSA) is 21.3 Å². The monoisotopic (exact) mass is 373 g/mol. The lowest BCUT2D eigenvalue weighted by Gasteiger charge is -2.14. The van der Waals surface area contributed by atoms with Crippen molar-refractivity contribution in [3.63, 3.8) is 0 Å². The predicted octanol–water partition coefficient (Wildman–Crippen LogP) is 5.41. The zero-order valence-corrected chi connectivity index (χ0v) is 14.6. The van der Waals surface area contributed by atoms with Gasteiger partial charge >= 0.3 is 0 Å². The zero-order valence-electron chi connectivity index (χ0n) is 11.5. The molecule has 1 aromatic heterocycles. The number of nitrogens with one attached hydrogen (secondary N) is 1. The van der Waals surface area contributed by atoms with Gasteiger partial charge in [-0.1, -0.05) is 24.6 Å². The van der Waals surface area contributed by atoms with Gasteiger partial charge in [0.15, 0.2) is 0 Å². The van der Waals surface area contributed by atoms with Crippen LogP contribution in [-0.2, 0) is 6.61 Å². The standard InChI is InChI=1S/C15H17BrClNOS/c1-3-18-10(2)11-4-5-14(13(17)8-11)19-9-15-12(16)6-7-20-15/h4-8,10,18H,3,9H2,1-2H3. The molecule has 0 bridgehead atoms. The average Bonchev–Trinajstić information content (AvgIpc) is 2.83. The number of rotatable bonds is 6. The molecule has 0 aliphatic heterocycles. The van der Waals surface area contributed by atoms with Crippen LogP contribution in [0.1, 0.15) is 30.3 Å². The summed E-state index contributed by atoms with van der Waals surface area (Å²) in [5, 5.41) is 6.05. The molecule has 0 spiro atoms. The molecule has 0 aliphatic rings. The molecular weight excluding hydrogens is 358 g/mol. The number of ether oxygens (including phenoxy) is 1. The first-order valence-corrected chi connectivity index (χ1v) is 8.54. The van der Waals surface area contributed by atoms with Crippen molar-refractivity contribution >= 4 is 38.9 Å². The van der Waals surface area contributed by atoms with Gasteiger partial charge in [0.1, 0.15) is 12.4 Å². The Balaban J connectivity index is 2.04. The predicted molar refractivity (Wildman–Crippen MR) is 89.9 cm³/mol. The number of hydrogen-bond acceptors (Lipinski definition) is 3. The Morgan fingerprint density at radius 3 is 2.80 bits per heavy atom. The maximum Gasteiger partial charge on any atom is 0.138 e. The van der Waals surface area contributed by atoms with Gasteiger partial charge in [0.05, 0.1) is 9.90 Å². The van der Waals surface area contributed by atoms with Crippen molar-refractivity contribution < 1.29 is 4.74 Å². The highest BCUT2D eigenvalue weighted by atomic mass is 79.9. The molecule has 0 aliphatic carbocycles. The van der Waals surface area contributed by atoms with Crippen LogP contribution in [0.4, 0.5) is 0 Å².